The summed E-state index contributed by atoms with van der Waals surface area (Å²) in [6, 6.07) is 11.7. The van der Waals surface area contributed by atoms with Crippen LogP contribution >= 0.6 is 35.4 Å². The van der Waals surface area contributed by atoms with Crippen LogP contribution in [0.4, 0.5) is 5.69 Å². The van der Waals surface area contributed by atoms with Gasteiger partial charge in [-0.1, -0.05) is 35.3 Å². The van der Waals surface area contributed by atoms with Crippen molar-refractivity contribution in [1.29, 1.82) is 0 Å². The molecule has 1 aliphatic rings. The number of amides is 2. The number of benzene rings is 2. The van der Waals surface area contributed by atoms with Gasteiger partial charge in [0.15, 0.2) is 5.11 Å². The van der Waals surface area contributed by atoms with E-state index in [0.29, 0.717) is 33.7 Å². The number of rotatable bonds is 4. The highest BCUT2D eigenvalue weighted by Crippen LogP contribution is 2.28. The number of hydrogen-bond donors (Lipinski definition) is 1. The first-order valence-corrected chi connectivity index (χ1v) is 9.16. The number of nitrogens with one attached hydrogen (secondary N) is 1. The van der Waals surface area contributed by atoms with Gasteiger partial charge in [-0.15, -0.1) is 0 Å². The molecule has 2 aromatic carbocycles. The molecule has 1 aliphatic heterocycles. The zero-order valence-electron chi connectivity index (χ0n) is 14.2. The first-order valence-electron chi connectivity index (χ1n) is 8.00. The maximum absolute atomic E-state index is 12.9. The topological polar surface area (TPSA) is 58.6 Å². The van der Waals surface area contributed by atoms with Gasteiger partial charge in [-0.3, -0.25) is 19.8 Å². The minimum Gasteiger partial charge on any atom is -0.492 e. The molecule has 1 heterocycles. The van der Waals surface area contributed by atoms with Gasteiger partial charge in [0.1, 0.15) is 11.3 Å². The number of halogens is 2. The number of ether oxygens (including phenoxy) is 1. The molecule has 8 heteroatoms. The van der Waals surface area contributed by atoms with Crippen molar-refractivity contribution in [3.8, 4) is 5.75 Å². The number of carbonyl (C=O) groups excluding carboxylic acids is 2. The number of thiocarbonyl (C=S) groups is 1. The summed E-state index contributed by atoms with van der Waals surface area (Å²) < 4.78 is 5.39. The van der Waals surface area contributed by atoms with Crippen LogP contribution in [-0.4, -0.2) is 23.5 Å². The maximum Gasteiger partial charge on any atom is 0.270 e. The summed E-state index contributed by atoms with van der Waals surface area (Å²) in [6.45, 7) is 2.33. The molecule has 1 saturated heterocycles. The molecule has 2 aromatic rings. The van der Waals surface area contributed by atoms with E-state index in [2.05, 4.69) is 5.32 Å². The summed E-state index contributed by atoms with van der Waals surface area (Å²) in [6.07, 6.45) is 1.46. The molecule has 0 saturated carbocycles. The van der Waals surface area contributed by atoms with Gasteiger partial charge < -0.3 is 4.74 Å². The van der Waals surface area contributed by atoms with Crippen molar-refractivity contribution in [1.82, 2.24) is 5.32 Å². The van der Waals surface area contributed by atoms with Crippen LogP contribution in [0.2, 0.25) is 10.0 Å². The molecular weight excluding hydrogens is 407 g/mol. The zero-order valence-corrected chi connectivity index (χ0v) is 16.5. The fraction of sp³-hybridized carbons (Fsp3) is 0.105. The van der Waals surface area contributed by atoms with E-state index in [9.17, 15) is 9.59 Å². The number of hydrogen-bond acceptors (Lipinski definition) is 4. The van der Waals surface area contributed by atoms with Gasteiger partial charge in [-0.05, 0) is 61.1 Å². The van der Waals surface area contributed by atoms with Crippen LogP contribution in [0, 0.1) is 0 Å². The van der Waals surface area contributed by atoms with Gasteiger partial charge in [-0.2, -0.15) is 0 Å². The van der Waals surface area contributed by atoms with Crippen LogP contribution in [0.1, 0.15) is 12.5 Å². The Morgan fingerprint density at radius 2 is 1.96 bits per heavy atom. The molecule has 0 bridgehead atoms. The normalized spacial score (nSPS) is 15.9. The molecule has 138 valence electrons. The lowest BCUT2D eigenvalue weighted by Gasteiger charge is -2.29. The third kappa shape index (κ3) is 4.13. The van der Waals surface area contributed by atoms with Crippen LogP contribution in [0.3, 0.4) is 0 Å². The SMILES string of the molecule is CCOc1ccc(C=C2C(=O)NC(=S)N(c3cccc(Cl)c3)C2=O)cc1Cl. The Morgan fingerprint density at radius 3 is 2.63 bits per heavy atom. The van der Waals surface area contributed by atoms with Crippen molar-refractivity contribution in [2.75, 3.05) is 11.5 Å². The molecule has 0 unspecified atom stereocenters. The Labute approximate surface area is 171 Å². The Balaban J connectivity index is 1.98. The Kier molecular flexibility index (Phi) is 5.79. The highest BCUT2D eigenvalue weighted by Gasteiger charge is 2.34. The van der Waals surface area contributed by atoms with Crippen molar-refractivity contribution < 1.29 is 14.3 Å². The number of carbonyl (C=O) groups is 2. The van der Waals surface area contributed by atoms with Crippen molar-refractivity contribution in [2.45, 2.75) is 6.92 Å². The fourth-order valence-corrected chi connectivity index (χ4v) is 3.26. The van der Waals surface area contributed by atoms with Crippen LogP contribution in [0.5, 0.6) is 5.75 Å². The van der Waals surface area contributed by atoms with Gasteiger partial charge in [0.25, 0.3) is 11.8 Å². The minimum absolute atomic E-state index is 0.00542. The Bertz CT molecular complexity index is 975. The van der Waals surface area contributed by atoms with Gasteiger partial charge in [0.2, 0.25) is 0 Å². The van der Waals surface area contributed by atoms with E-state index >= 15 is 0 Å². The van der Waals surface area contributed by atoms with Gasteiger partial charge in [0, 0.05) is 5.02 Å². The van der Waals surface area contributed by atoms with E-state index in [-0.39, 0.29) is 10.7 Å². The summed E-state index contributed by atoms with van der Waals surface area (Å²) in [4.78, 5) is 26.5. The molecule has 0 spiro atoms. The molecule has 27 heavy (non-hydrogen) atoms. The Hall–Kier alpha value is -2.41. The average Bonchev–Trinajstić information content (AvgIpc) is 2.61. The summed E-state index contributed by atoms with van der Waals surface area (Å²) in [5, 5.41) is 3.35. The standard InChI is InChI=1S/C19H14Cl2N2O3S/c1-2-26-16-7-6-11(9-15(16)21)8-14-17(24)22-19(27)23(18(14)25)13-5-3-4-12(20)10-13/h3-10H,2H2,1H3,(H,22,24,27). The molecule has 1 fully saturated rings. The summed E-state index contributed by atoms with van der Waals surface area (Å²) in [7, 11) is 0. The molecule has 2 amide bonds. The van der Waals surface area contributed by atoms with E-state index in [4.69, 9.17) is 40.2 Å². The number of nitrogens with zero attached hydrogens (tertiary/aromatic N) is 1. The predicted octanol–water partition coefficient (Wildman–Crippen LogP) is 4.22. The fourth-order valence-electron chi connectivity index (χ4n) is 2.55. The van der Waals surface area contributed by atoms with E-state index in [1.54, 1.807) is 42.5 Å². The molecule has 0 aromatic heterocycles. The van der Waals surface area contributed by atoms with E-state index < -0.39 is 11.8 Å². The maximum atomic E-state index is 12.9. The average molecular weight is 421 g/mol. The van der Waals surface area contributed by atoms with E-state index in [1.165, 1.54) is 11.0 Å². The quantitative estimate of drug-likeness (QED) is 0.456. The van der Waals surface area contributed by atoms with Crippen LogP contribution in [-0.2, 0) is 9.59 Å². The molecular formula is C19H14Cl2N2O3S. The van der Waals surface area contributed by atoms with E-state index in [1.807, 2.05) is 6.92 Å². The number of anilines is 1. The van der Waals surface area contributed by atoms with Crippen LogP contribution in [0.15, 0.2) is 48.0 Å². The van der Waals surface area contributed by atoms with Crippen molar-refractivity contribution in [3.63, 3.8) is 0 Å². The molecule has 3 rings (SSSR count). The van der Waals surface area contributed by atoms with Crippen molar-refractivity contribution in [3.05, 3.63) is 63.6 Å². The lowest BCUT2D eigenvalue weighted by atomic mass is 10.1. The lowest BCUT2D eigenvalue weighted by Crippen LogP contribution is -2.54. The predicted molar refractivity (Wildman–Crippen MR) is 110 cm³/mol. The van der Waals surface area contributed by atoms with E-state index in [0.717, 1.165) is 0 Å². The van der Waals surface area contributed by atoms with Gasteiger partial charge in [-0.25, -0.2) is 0 Å². The highest BCUT2D eigenvalue weighted by molar-refractivity contribution is 7.80. The summed E-state index contributed by atoms with van der Waals surface area (Å²) >= 11 is 17.3. The largest absolute Gasteiger partial charge is 0.492 e. The van der Waals surface area contributed by atoms with Crippen molar-refractivity contribution in [2.24, 2.45) is 0 Å². The Morgan fingerprint density at radius 1 is 1.19 bits per heavy atom. The second kappa shape index (κ2) is 8.08. The summed E-state index contributed by atoms with van der Waals surface area (Å²) in [5.74, 6) is -0.591. The first-order chi connectivity index (χ1) is 12.9. The lowest BCUT2D eigenvalue weighted by molar-refractivity contribution is -0.122. The van der Waals surface area contributed by atoms with Gasteiger partial charge >= 0.3 is 0 Å². The highest BCUT2D eigenvalue weighted by atomic mass is 35.5. The molecule has 5 nitrogen and oxygen atoms in total. The molecule has 0 aliphatic carbocycles. The smallest absolute Gasteiger partial charge is 0.270 e. The third-order valence-electron chi connectivity index (χ3n) is 3.73. The minimum atomic E-state index is -0.576. The van der Waals surface area contributed by atoms with Gasteiger partial charge in [0.05, 0.1) is 17.3 Å². The second-order valence-electron chi connectivity index (χ2n) is 5.56. The second-order valence-corrected chi connectivity index (χ2v) is 6.79. The van der Waals surface area contributed by atoms with Crippen LogP contribution in [0.25, 0.3) is 6.08 Å². The van der Waals surface area contributed by atoms with Crippen molar-refractivity contribution >= 4 is 64.1 Å². The third-order valence-corrected chi connectivity index (χ3v) is 4.55. The van der Waals surface area contributed by atoms with Crippen LogP contribution < -0.4 is 15.0 Å². The molecule has 0 radical (unpaired) electrons. The monoisotopic (exact) mass is 420 g/mol. The summed E-state index contributed by atoms with van der Waals surface area (Å²) in [5.41, 5.74) is 0.984. The zero-order chi connectivity index (χ0) is 19.6. The first kappa shape index (κ1) is 19.4. The molecule has 0 atom stereocenters. The molecule has 1 N–H and O–H groups in total.